The van der Waals surface area contributed by atoms with E-state index in [2.05, 4.69) is 9.97 Å². The Morgan fingerprint density at radius 1 is 1.26 bits per heavy atom. The molecule has 3 aromatic rings. The highest BCUT2D eigenvalue weighted by atomic mass is 35.5. The molecule has 1 unspecified atom stereocenters. The Morgan fingerprint density at radius 3 is 2.74 bits per heavy atom. The van der Waals surface area contributed by atoms with Crippen LogP contribution in [-0.4, -0.2) is 23.3 Å². The summed E-state index contributed by atoms with van der Waals surface area (Å²) >= 11 is 4.20. The quantitative estimate of drug-likeness (QED) is 0.731. The van der Waals surface area contributed by atoms with Gasteiger partial charge in [-0.2, -0.15) is 0 Å². The van der Waals surface area contributed by atoms with Crippen LogP contribution in [0.25, 0.3) is 17.1 Å². The van der Waals surface area contributed by atoms with Gasteiger partial charge in [-0.3, -0.25) is 4.57 Å². The van der Waals surface area contributed by atoms with E-state index < -0.39 is 11.1 Å². The highest BCUT2D eigenvalue weighted by Gasteiger charge is 2.14. The normalized spacial score (nSPS) is 12.3. The smallest absolute Gasteiger partial charge is 0.157 e. The average molecular weight is 352 g/mol. The highest BCUT2D eigenvalue weighted by Crippen LogP contribution is 2.29. The van der Waals surface area contributed by atoms with E-state index in [4.69, 9.17) is 16.2 Å². The zero-order chi connectivity index (χ0) is 16.4. The standard InChI is InChI=1S/C15H11ClFN3O2S/c16-15-14(11-2-1-3-12(17)6-11)20(9-19-15)13-5-4-10(7-18-13)8-23(21)22/h1-7,9H,8H2,(H,21,22). The van der Waals surface area contributed by atoms with Gasteiger partial charge in [0.1, 0.15) is 18.0 Å². The molecule has 0 aliphatic carbocycles. The summed E-state index contributed by atoms with van der Waals surface area (Å²) in [5.41, 5.74) is 1.74. The van der Waals surface area contributed by atoms with E-state index in [-0.39, 0.29) is 16.7 Å². The Bertz CT molecular complexity index is 867. The number of benzene rings is 1. The first-order valence-electron chi connectivity index (χ1n) is 6.56. The van der Waals surface area contributed by atoms with Crippen LogP contribution in [0.2, 0.25) is 5.15 Å². The zero-order valence-corrected chi connectivity index (χ0v) is 13.3. The molecule has 1 aromatic carbocycles. The van der Waals surface area contributed by atoms with E-state index in [9.17, 15) is 8.60 Å². The third-order valence-electron chi connectivity index (χ3n) is 3.17. The minimum Gasteiger partial charge on any atom is -0.306 e. The number of pyridine rings is 1. The van der Waals surface area contributed by atoms with E-state index in [1.807, 2.05) is 0 Å². The molecule has 5 nitrogen and oxygen atoms in total. The Labute approximate surface area is 139 Å². The predicted octanol–water partition coefficient (Wildman–Crippen LogP) is 3.45. The lowest BCUT2D eigenvalue weighted by molar-refractivity contribution is 0.563. The molecule has 0 saturated carbocycles. The van der Waals surface area contributed by atoms with Crippen molar-refractivity contribution in [2.75, 3.05) is 0 Å². The maximum Gasteiger partial charge on any atom is 0.157 e. The van der Waals surface area contributed by atoms with Crippen LogP contribution in [0.3, 0.4) is 0 Å². The molecule has 118 valence electrons. The number of imidazole rings is 1. The molecule has 1 N–H and O–H groups in total. The number of rotatable bonds is 4. The van der Waals surface area contributed by atoms with Crippen LogP contribution in [-0.2, 0) is 16.8 Å². The van der Waals surface area contributed by atoms with Crippen LogP contribution in [0.5, 0.6) is 0 Å². The van der Waals surface area contributed by atoms with Gasteiger partial charge in [-0.1, -0.05) is 29.8 Å². The van der Waals surface area contributed by atoms with Gasteiger partial charge in [0.05, 0.1) is 11.4 Å². The summed E-state index contributed by atoms with van der Waals surface area (Å²) in [6.45, 7) is 0. The maximum atomic E-state index is 13.5. The van der Waals surface area contributed by atoms with Gasteiger partial charge in [0.15, 0.2) is 16.2 Å². The molecule has 0 bridgehead atoms. The van der Waals surface area contributed by atoms with Crippen LogP contribution in [0.4, 0.5) is 4.39 Å². The maximum absolute atomic E-state index is 13.5. The van der Waals surface area contributed by atoms with E-state index >= 15 is 0 Å². The molecule has 0 fully saturated rings. The van der Waals surface area contributed by atoms with Gasteiger partial charge in [0, 0.05) is 11.8 Å². The van der Waals surface area contributed by atoms with Crippen molar-refractivity contribution < 1.29 is 13.2 Å². The molecule has 0 saturated heterocycles. The molecule has 1 atom stereocenters. The van der Waals surface area contributed by atoms with Crippen molar-refractivity contribution in [1.82, 2.24) is 14.5 Å². The second-order valence-electron chi connectivity index (χ2n) is 4.75. The van der Waals surface area contributed by atoms with Crippen molar-refractivity contribution in [1.29, 1.82) is 0 Å². The summed E-state index contributed by atoms with van der Waals surface area (Å²) in [6, 6.07) is 9.41. The van der Waals surface area contributed by atoms with Crippen molar-refractivity contribution >= 4 is 22.7 Å². The van der Waals surface area contributed by atoms with Gasteiger partial charge in [-0.05, 0) is 23.8 Å². The summed E-state index contributed by atoms with van der Waals surface area (Å²) < 4.78 is 34.8. The summed E-state index contributed by atoms with van der Waals surface area (Å²) in [4.78, 5) is 8.30. The number of halogens is 2. The number of aromatic nitrogens is 3. The number of hydrogen-bond donors (Lipinski definition) is 1. The largest absolute Gasteiger partial charge is 0.306 e. The molecule has 8 heteroatoms. The fourth-order valence-corrected chi connectivity index (χ4v) is 2.88. The van der Waals surface area contributed by atoms with Gasteiger partial charge < -0.3 is 4.55 Å². The van der Waals surface area contributed by atoms with Crippen LogP contribution in [0, 0.1) is 5.82 Å². The molecule has 2 heterocycles. The van der Waals surface area contributed by atoms with Gasteiger partial charge in [0.25, 0.3) is 0 Å². The van der Waals surface area contributed by atoms with Crippen LogP contribution < -0.4 is 0 Å². The third kappa shape index (κ3) is 3.47. The van der Waals surface area contributed by atoms with Crippen LogP contribution in [0.15, 0.2) is 48.9 Å². The first-order valence-corrected chi connectivity index (χ1v) is 8.21. The van der Waals surface area contributed by atoms with E-state index in [0.29, 0.717) is 22.6 Å². The molecule has 23 heavy (non-hydrogen) atoms. The first-order chi connectivity index (χ1) is 11.0. The Morgan fingerprint density at radius 2 is 2.09 bits per heavy atom. The lowest BCUT2D eigenvalue weighted by atomic mass is 10.1. The van der Waals surface area contributed by atoms with Crippen LogP contribution in [0.1, 0.15) is 5.56 Å². The van der Waals surface area contributed by atoms with Gasteiger partial charge >= 0.3 is 0 Å². The minimum atomic E-state index is -1.92. The van der Waals surface area contributed by atoms with Crippen molar-refractivity contribution in [3.63, 3.8) is 0 Å². The molecular formula is C15H11ClFN3O2S. The monoisotopic (exact) mass is 351 g/mol. The fraction of sp³-hybridized carbons (Fsp3) is 0.0667. The summed E-state index contributed by atoms with van der Waals surface area (Å²) in [5, 5.41) is 0.234. The number of nitrogens with zero attached hydrogens (tertiary/aromatic N) is 3. The molecule has 3 rings (SSSR count). The Kier molecular flexibility index (Phi) is 4.51. The summed E-state index contributed by atoms with van der Waals surface area (Å²) in [7, 11) is 0. The molecular weight excluding hydrogens is 341 g/mol. The van der Waals surface area contributed by atoms with E-state index in [0.717, 1.165) is 0 Å². The van der Waals surface area contributed by atoms with Gasteiger partial charge in [-0.25, -0.2) is 18.6 Å². The third-order valence-corrected chi connectivity index (χ3v) is 4.02. The van der Waals surface area contributed by atoms with Crippen molar-refractivity contribution in [2.45, 2.75) is 5.75 Å². The van der Waals surface area contributed by atoms with Crippen molar-refractivity contribution in [3.05, 3.63) is 65.5 Å². The van der Waals surface area contributed by atoms with Crippen molar-refractivity contribution in [3.8, 4) is 17.1 Å². The lowest BCUT2D eigenvalue weighted by Crippen LogP contribution is -2.00. The first kappa shape index (κ1) is 15.8. The van der Waals surface area contributed by atoms with Gasteiger partial charge in [-0.15, -0.1) is 0 Å². The molecule has 0 radical (unpaired) electrons. The van der Waals surface area contributed by atoms with E-state index in [1.54, 1.807) is 28.8 Å². The lowest BCUT2D eigenvalue weighted by Gasteiger charge is -2.08. The van der Waals surface area contributed by atoms with Gasteiger partial charge in [0.2, 0.25) is 0 Å². The fourth-order valence-electron chi connectivity index (χ4n) is 2.18. The summed E-state index contributed by atoms with van der Waals surface area (Å²) in [5.74, 6) is 0.158. The number of hydrogen-bond acceptors (Lipinski definition) is 3. The zero-order valence-electron chi connectivity index (χ0n) is 11.7. The minimum absolute atomic E-state index is 0.00865. The van der Waals surface area contributed by atoms with Crippen LogP contribution >= 0.6 is 11.6 Å². The Hall–Kier alpha value is -2.09. The Balaban J connectivity index is 2.03. The second-order valence-corrected chi connectivity index (χ2v) is 6.04. The second kappa shape index (κ2) is 6.57. The average Bonchev–Trinajstić information content (AvgIpc) is 2.89. The predicted molar refractivity (Wildman–Crippen MR) is 86.2 cm³/mol. The molecule has 0 spiro atoms. The SMILES string of the molecule is O=S(O)Cc1ccc(-n2cnc(Cl)c2-c2cccc(F)c2)nc1. The molecule has 0 aliphatic rings. The molecule has 0 aliphatic heterocycles. The summed E-state index contributed by atoms with van der Waals surface area (Å²) in [6.07, 6.45) is 3.00. The highest BCUT2D eigenvalue weighted by molar-refractivity contribution is 7.78. The van der Waals surface area contributed by atoms with E-state index in [1.165, 1.54) is 24.7 Å². The molecule has 0 amide bonds. The topological polar surface area (TPSA) is 68.0 Å². The molecule has 2 aromatic heterocycles. The van der Waals surface area contributed by atoms with Crippen molar-refractivity contribution in [2.24, 2.45) is 0 Å².